The van der Waals surface area contributed by atoms with Crippen molar-refractivity contribution in [3.63, 3.8) is 0 Å². The first-order valence-electron chi connectivity index (χ1n) is 9.00. The number of hydrogen-bond donors (Lipinski definition) is 1. The van der Waals surface area contributed by atoms with Crippen LogP contribution in [0, 0.1) is 5.92 Å². The second kappa shape index (κ2) is 8.67. The van der Waals surface area contributed by atoms with Gasteiger partial charge in [0.2, 0.25) is 15.9 Å². The van der Waals surface area contributed by atoms with Crippen molar-refractivity contribution in [2.75, 3.05) is 38.0 Å². The molecule has 1 aromatic rings. The Bertz CT molecular complexity index is 669. The van der Waals surface area contributed by atoms with Gasteiger partial charge in [0.15, 0.2) is 0 Å². The van der Waals surface area contributed by atoms with Gasteiger partial charge in [0.05, 0.1) is 11.4 Å². The van der Waals surface area contributed by atoms with Crippen molar-refractivity contribution in [2.24, 2.45) is 5.92 Å². The highest BCUT2D eigenvalue weighted by Gasteiger charge is 2.22. The summed E-state index contributed by atoms with van der Waals surface area (Å²) in [4.78, 5) is 14.5. The molecule has 140 valence electrons. The van der Waals surface area contributed by atoms with Gasteiger partial charge in [0.1, 0.15) is 0 Å². The Labute approximate surface area is 151 Å². The number of nitrogens with zero attached hydrogens (tertiary/aromatic N) is 2. The van der Waals surface area contributed by atoms with Crippen molar-refractivity contribution in [1.82, 2.24) is 9.21 Å². The molecule has 6 nitrogen and oxygen atoms in total. The van der Waals surface area contributed by atoms with Crippen LogP contribution in [-0.4, -0.2) is 56.3 Å². The maximum atomic E-state index is 12.5. The number of likely N-dealkylation sites (tertiary alicyclic amines) is 1. The van der Waals surface area contributed by atoms with Gasteiger partial charge in [-0.05, 0) is 43.0 Å². The molecule has 1 aliphatic heterocycles. The van der Waals surface area contributed by atoms with Gasteiger partial charge in [-0.1, -0.05) is 20.8 Å². The summed E-state index contributed by atoms with van der Waals surface area (Å²) >= 11 is 0. The molecule has 0 aliphatic carbocycles. The van der Waals surface area contributed by atoms with E-state index in [1.54, 1.807) is 24.3 Å². The highest BCUT2D eigenvalue weighted by atomic mass is 32.2. The smallest absolute Gasteiger partial charge is 0.243 e. The van der Waals surface area contributed by atoms with Crippen LogP contribution in [0.5, 0.6) is 0 Å². The minimum atomic E-state index is -3.44. The van der Waals surface area contributed by atoms with Gasteiger partial charge in [0, 0.05) is 31.9 Å². The standard InChI is InChI=1S/C18H29N3O3S/c1-4-21(5-2)25(23,24)17-10-8-16(9-11-17)19-13-18(22)20-12-6-7-15(3)14-20/h8-11,15,19H,4-7,12-14H2,1-3H3. The monoisotopic (exact) mass is 367 g/mol. The number of amides is 1. The van der Waals surface area contributed by atoms with E-state index in [2.05, 4.69) is 12.2 Å². The number of carbonyl (C=O) groups is 1. The fourth-order valence-electron chi connectivity index (χ4n) is 3.16. The van der Waals surface area contributed by atoms with Gasteiger partial charge >= 0.3 is 0 Å². The van der Waals surface area contributed by atoms with Crippen molar-refractivity contribution in [2.45, 2.75) is 38.5 Å². The number of piperidine rings is 1. The van der Waals surface area contributed by atoms with Crippen molar-refractivity contribution in [3.05, 3.63) is 24.3 Å². The lowest BCUT2D eigenvalue weighted by Crippen LogP contribution is -2.41. The van der Waals surface area contributed by atoms with Gasteiger partial charge < -0.3 is 10.2 Å². The average Bonchev–Trinajstić information content (AvgIpc) is 2.61. The first-order chi connectivity index (χ1) is 11.9. The third-order valence-electron chi connectivity index (χ3n) is 4.65. The van der Waals surface area contributed by atoms with E-state index in [-0.39, 0.29) is 17.3 Å². The number of benzene rings is 1. The first kappa shape index (κ1) is 19.7. The molecule has 0 spiro atoms. The molecular weight excluding hydrogens is 338 g/mol. The van der Waals surface area contributed by atoms with E-state index in [0.29, 0.717) is 19.0 Å². The largest absolute Gasteiger partial charge is 0.376 e. The molecule has 1 atom stereocenters. The number of rotatable bonds is 7. The summed E-state index contributed by atoms with van der Waals surface area (Å²) in [7, 11) is -3.44. The van der Waals surface area contributed by atoms with E-state index in [1.807, 2.05) is 18.7 Å². The fourth-order valence-corrected chi connectivity index (χ4v) is 4.62. The SMILES string of the molecule is CCN(CC)S(=O)(=O)c1ccc(NCC(=O)N2CCCC(C)C2)cc1. The zero-order chi connectivity index (χ0) is 18.4. The van der Waals surface area contributed by atoms with Crippen molar-refractivity contribution in [3.8, 4) is 0 Å². The maximum absolute atomic E-state index is 12.5. The maximum Gasteiger partial charge on any atom is 0.243 e. The molecule has 1 saturated heterocycles. The quantitative estimate of drug-likeness (QED) is 0.803. The van der Waals surface area contributed by atoms with E-state index in [4.69, 9.17) is 0 Å². The Morgan fingerprint density at radius 3 is 2.44 bits per heavy atom. The van der Waals surface area contributed by atoms with Crippen molar-refractivity contribution >= 4 is 21.6 Å². The summed E-state index contributed by atoms with van der Waals surface area (Å²) < 4.78 is 26.3. The average molecular weight is 368 g/mol. The van der Waals surface area contributed by atoms with Crippen molar-refractivity contribution in [1.29, 1.82) is 0 Å². The Morgan fingerprint density at radius 1 is 1.24 bits per heavy atom. The molecule has 0 saturated carbocycles. The summed E-state index contributed by atoms with van der Waals surface area (Å²) in [6.45, 7) is 8.58. The number of anilines is 1. The molecule has 2 rings (SSSR count). The van der Waals surface area contributed by atoms with Gasteiger partial charge in [-0.3, -0.25) is 4.79 Å². The van der Waals surface area contributed by atoms with Crippen LogP contribution in [0.4, 0.5) is 5.69 Å². The summed E-state index contributed by atoms with van der Waals surface area (Å²) in [6.07, 6.45) is 2.24. The zero-order valence-corrected chi connectivity index (χ0v) is 16.2. The van der Waals surface area contributed by atoms with E-state index in [9.17, 15) is 13.2 Å². The van der Waals surface area contributed by atoms with E-state index in [0.717, 1.165) is 25.2 Å². The van der Waals surface area contributed by atoms with E-state index < -0.39 is 10.0 Å². The highest BCUT2D eigenvalue weighted by molar-refractivity contribution is 7.89. The number of sulfonamides is 1. The van der Waals surface area contributed by atoms with Crippen LogP contribution in [0.1, 0.15) is 33.6 Å². The van der Waals surface area contributed by atoms with Crippen molar-refractivity contribution < 1.29 is 13.2 Å². The Hall–Kier alpha value is -1.60. The number of nitrogens with one attached hydrogen (secondary N) is 1. The molecule has 25 heavy (non-hydrogen) atoms. The summed E-state index contributed by atoms with van der Waals surface area (Å²) in [5, 5.41) is 3.09. The highest BCUT2D eigenvalue weighted by Crippen LogP contribution is 2.19. The molecule has 0 aromatic heterocycles. The topological polar surface area (TPSA) is 69.7 Å². The van der Waals surface area contributed by atoms with Crippen LogP contribution in [0.25, 0.3) is 0 Å². The normalized spacial score (nSPS) is 18.4. The van der Waals surface area contributed by atoms with Gasteiger partial charge in [-0.15, -0.1) is 0 Å². The van der Waals surface area contributed by atoms with Crippen LogP contribution >= 0.6 is 0 Å². The molecule has 1 heterocycles. The second-order valence-electron chi connectivity index (χ2n) is 6.55. The minimum absolute atomic E-state index is 0.0892. The molecule has 1 fully saturated rings. The molecule has 0 bridgehead atoms. The van der Waals surface area contributed by atoms with Gasteiger partial charge in [0.25, 0.3) is 0 Å². The number of hydrogen-bond acceptors (Lipinski definition) is 4. The summed E-state index contributed by atoms with van der Waals surface area (Å²) in [5.41, 5.74) is 0.747. The molecule has 0 radical (unpaired) electrons. The van der Waals surface area contributed by atoms with Crippen LogP contribution in [0.15, 0.2) is 29.2 Å². The zero-order valence-electron chi connectivity index (χ0n) is 15.4. The van der Waals surface area contributed by atoms with Gasteiger partial charge in [-0.2, -0.15) is 4.31 Å². The molecule has 1 aliphatic rings. The number of carbonyl (C=O) groups excluding carboxylic acids is 1. The lowest BCUT2D eigenvalue weighted by Gasteiger charge is -2.31. The minimum Gasteiger partial charge on any atom is -0.376 e. The van der Waals surface area contributed by atoms with Crippen LogP contribution < -0.4 is 5.32 Å². The molecule has 1 aromatic carbocycles. The predicted octanol–water partition coefficient (Wildman–Crippen LogP) is 2.39. The van der Waals surface area contributed by atoms with Crippen LogP contribution in [0.3, 0.4) is 0 Å². The molecule has 1 unspecified atom stereocenters. The second-order valence-corrected chi connectivity index (χ2v) is 8.49. The Morgan fingerprint density at radius 2 is 1.88 bits per heavy atom. The molecule has 1 N–H and O–H groups in total. The molecule has 7 heteroatoms. The summed E-state index contributed by atoms with van der Waals surface area (Å²) in [5.74, 6) is 0.647. The first-order valence-corrected chi connectivity index (χ1v) is 10.4. The Balaban J connectivity index is 1.95. The molecule has 1 amide bonds. The predicted molar refractivity (Wildman–Crippen MR) is 100 cm³/mol. The third-order valence-corrected chi connectivity index (χ3v) is 6.72. The van der Waals surface area contributed by atoms with E-state index >= 15 is 0 Å². The summed E-state index contributed by atoms with van der Waals surface area (Å²) in [6, 6.07) is 6.60. The van der Waals surface area contributed by atoms with Crippen LogP contribution in [-0.2, 0) is 14.8 Å². The molecular formula is C18H29N3O3S. The lowest BCUT2D eigenvalue weighted by molar-refractivity contribution is -0.130. The third kappa shape index (κ3) is 4.95. The lowest BCUT2D eigenvalue weighted by atomic mass is 10.0. The fraction of sp³-hybridized carbons (Fsp3) is 0.611. The Kier molecular flexibility index (Phi) is 6.84. The van der Waals surface area contributed by atoms with Crippen LogP contribution in [0.2, 0.25) is 0 Å². The van der Waals surface area contributed by atoms with Gasteiger partial charge in [-0.25, -0.2) is 8.42 Å². The van der Waals surface area contributed by atoms with E-state index in [1.165, 1.54) is 10.7 Å².